The number of ketones is 1. The number of benzene rings is 1. The van der Waals surface area contributed by atoms with Gasteiger partial charge in [-0.3, -0.25) is 4.79 Å². The van der Waals surface area contributed by atoms with E-state index in [1.807, 2.05) is 0 Å². The first-order valence-electron chi connectivity index (χ1n) is 10.5. The second-order valence-corrected chi connectivity index (χ2v) is 9.24. The Bertz CT molecular complexity index is 704. The van der Waals surface area contributed by atoms with E-state index >= 15 is 0 Å². The van der Waals surface area contributed by atoms with Crippen molar-refractivity contribution in [2.75, 3.05) is 0 Å². The first-order chi connectivity index (χ1) is 12.6. The Morgan fingerprint density at radius 2 is 1.44 bits per heavy atom. The fourth-order valence-corrected chi connectivity index (χ4v) is 4.13. The van der Waals surface area contributed by atoms with Gasteiger partial charge >= 0.3 is 0 Å². The van der Waals surface area contributed by atoms with E-state index in [0.717, 1.165) is 0 Å². The van der Waals surface area contributed by atoms with Crippen LogP contribution in [-0.4, -0.2) is 5.78 Å². The monoisotopic (exact) mass is 365 g/mol. The molecule has 0 saturated heterocycles. The van der Waals surface area contributed by atoms with Crippen LogP contribution in [0.5, 0.6) is 0 Å². The molecule has 1 aliphatic carbocycles. The summed E-state index contributed by atoms with van der Waals surface area (Å²) in [5, 5.41) is 0. The Kier molecular flexibility index (Phi) is 6.89. The van der Waals surface area contributed by atoms with Gasteiger partial charge in [0.05, 0.1) is 5.41 Å². The topological polar surface area (TPSA) is 17.1 Å². The number of carbonyl (C=O) groups excluding carboxylic acids is 1. The minimum atomic E-state index is -0.507. The lowest BCUT2D eigenvalue weighted by molar-refractivity contribution is -0.126. The summed E-state index contributed by atoms with van der Waals surface area (Å²) in [7, 11) is 0. The van der Waals surface area contributed by atoms with Gasteiger partial charge in [0.25, 0.3) is 0 Å². The summed E-state index contributed by atoms with van der Waals surface area (Å²) in [6.45, 7) is 17.6. The zero-order valence-corrected chi connectivity index (χ0v) is 18.5. The van der Waals surface area contributed by atoms with Crippen LogP contribution in [0.4, 0.5) is 0 Å². The maximum Gasteiger partial charge on any atom is 0.148 e. The predicted molar refractivity (Wildman–Crippen MR) is 117 cm³/mol. The van der Waals surface area contributed by atoms with Gasteiger partial charge in [0.15, 0.2) is 0 Å². The molecule has 0 heterocycles. The Balaban J connectivity index is 2.46. The van der Waals surface area contributed by atoms with Crippen molar-refractivity contribution in [1.82, 2.24) is 0 Å². The number of rotatable bonds is 7. The number of carbonyl (C=O) groups is 1. The van der Waals surface area contributed by atoms with Gasteiger partial charge in [0, 0.05) is 12.8 Å². The lowest BCUT2D eigenvalue weighted by Gasteiger charge is -2.37. The highest BCUT2D eigenvalue weighted by Crippen LogP contribution is 2.42. The van der Waals surface area contributed by atoms with Crippen molar-refractivity contribution in [3.63, 3.8) is 0 Å². The molecule has 0 amide bonds. The van der Waals surface area contributed by atoms with Crippen LogP contribution >= 0.6 is 0 Å². The van der Waals surface area contributed by atoms with E-state index in [2.05, 4.69) is 98.2 Å². The third-order valence-electron chi connectivity index (χ3n) is 6.00. The first kappa shape index (κ1) is 21.7. The van der Waals surface area contributed by atoms with E-state index in [1.165, 1.54) is 22.3 Å². The molecule has 0 aliphatic heterocycles. The van der Waals surface area contributed by atoms with Crippen molar-refractivity contribution >= 4 is 5.78 Å². The molecule has 1 unspecified atom stereocenters. The van der Waals surface area contributed by atoms with Gasteiger partial charge in [-0.15, -0.1) is 0 Å². The molecule has 1 aromatic carbocycles. The van der Waals surface area contributed by atoms with Crippen LogP contribution in [0.1, 0.15) is 83.9 Å². The van der Waals surface area contributed by atoms with Gasteiger partial charge in [0.2, 0.25) is 0 Å². The molecule has 1 nitrogen and oxygen atoms in total. The number of hydrogen-bond donors (Lipinski definition) is 0. The van der Waals surface area contributed by atoms with E-state index in [0.29, 0.717) is 30.0 Å². The van der Waals surface area contributed by atoms with Crippen LogP contribution in [-0.2, 0) is 11.2 Å². The van der Waals surface area contributed by atoms with Crippen LogP contribution in [0.25, 0.3) is 0 Å². The lowest BCUT2D eigenvalue weighted by Crippen LogP contribution is -2.38. The lowest BCUT2D eigenvalue weighted by atomic mass is 9.64. The Morgan fingerprint density at radius 1 is 0.889 bits per heavy atom. The van der Waals surface area contributed by atoms with Gasteiger partial charge in [-0.05, 0) is 40.4 Å². The largest absolute Gasteiger partial charge is 0.298 e. The highest BCUT2D eigenvalue weighted by Gasteiger charge is 2.41. The molecule has 27 heavy (non-hydrogen) atoms. The fraction of sp³-hybridized carbons (Fsp3) is 0.538. The van der Waals surface area contributed by atoms with E-state index in [1.54, 1.807) is 0 Å². The first-order valence-corrected chi connectivity index (χ1v) is 10.5. The van der Waals surface area contributed by atoms with Crippen LogP contribution < -0.4 is 0 Å². The van der Waals surface area contributed by atoms with Crippen LogP contribution in [0.2, 0.25) is 0 Å². The SMILES string of the molecule is CC(C)C1=CC=CC(C(=O)Cc2c(C(C)C)cccc2C(C)C)(C(C)C)[CH]1. The highest BCUT2D eigenvalue weighted by molar-refractivity contribution is 5.92. The summed E-state index contributed by atoms with van der Waals surface area (Å²) in [6, 6.07) is 6.53. The van der Waals surface area contributed by atoms with Crippen molar-refractivity contribution in [2.24, 2.45) is 17.3 Å². The zero-order valence-electron chi connectivity index (χ0n) is 18.5. The van der Waals surface area contributed by atoms with Crippen LogP contribution in [0, 0.1) is 23.7 Å². The minimum Gasteiger partial charge on any atom is -0.298 e. The normalized spacial score (nSPS) is 20.1. The van der Waals surface area contributed by atoms with Crippen molar-refractivity contribution in [1.29, 1.82) is 0 Å². The summed E-state index contributed by atoms with van der Waals surface area (Å²) in [5.41, 5.74) is 4.63. The third-order valence-corrected chi connectivity index (χ3v) is 6.00. The molecular formula is C26H37O. The smallest absolute Gasteiger partial charge is 0.148 e. The maximum atomic E-state index is 13.7. The summed E-state index contributed by atoms with van der Waals surface area (Å²) >= 11 is 0. The molecule has 147 valence electrons. The molecule has 1 aromatic rings. The molecule has 1 atom stereocenters. The standard InChI is InChI=1S/C26H37O/c1-17(2)21-11-10-14-26(16-21,20(7)8)25(27)15-24-22(18(3)4)12-9-13-23(24)19(5)6/h9-14,16-20H,15H2,1-8H3. The minimum absolute atomic E-state index is 0.234. The second-order valence-electron chi connectivity index (χ2n) is 9.24. The van der Waals surface area contributed by atoms with Gasteiger partial charge in [0.1, 0.15) is 5.78 Å². The molecule has 1 radical (unpaired) electrons. The van der Waals surface area contributed by atoms with Crippen LogP contribution in [0.15, 0.2) is 42.0 Å². The Hall–Kier alpha value is -1.63. The summed E-state index contributed by atoms with van der Waals surface area (Å²) in [4.78, 5) is 13.7. The van der Waals surface area contributed by atoms with Gasteiger partial charge in [-0.1, -0.05) is 97.4 Å². The molecule has 0 aromatic heterocycles. The van der Waals surface area contributed by atoms with Crippen molar-refractivity contribution < 1.29 is 4.79 Å². The highest BCUT2D eigenvalue weighted by atomic mass is 16.1. The molecule has 1 aliphatic rings. The average Bonchev–Trinajstić information content (AvgIpc) is 2.61. The Morgan fingerprint density at radius 3 is 1.89 bits per heavy atom. The van der Waals surface area contributed by atoms with Gasteiger partial charge in [-0.2, -0.15) is 0 Å². The summed E-state index contributed by atoms with van der Waals surface area (Å²) in [5.74, 6) is 1.81. The predicted octanol–water partition coefficient (Wildman–Crippen LogP) is 7.04. The van der Waals surface area contributed by atoms with Crippen molar-refractivity contribution in [2.45, 2.75) is 73.6 Å². The summed E-state index contributed by atoms with van der Waals surface area (Å²) < 4.78 is 0. The third kappa shape index (κ3) is 4.45. The molecule has 0 spiro atoms. The number of Topliss-reactive ketones (excluding diaryl/α,β-unsaturated/α-hetero) is 1. The molecule has 0 fully saturated rings. The van der Waals surface area contributed by atoms with E-state index in [9.17, 15) is 4.79 Å². The number of hydrogen-bond acceptors (Lipinski definition) is 1. The maximum absolute atomic E-state index is 13.7. The molecule has 2 rings (SSSR count). The average molecular weight is 366 g/mol. The molecular weight excluding hydrogens is 328 g/mol. The van der Waals surface area contributed by atoms with E-state index in [-0.39, 0.29) is 5.92 Å². The fourth-order valence-electron chi connectivity index (χ4n) is 4.13. The van der Waals surface area contributed by atoms with E-state index < -0.39 is 5.41 Å². The second kappa shape index (κ2) is 8.59. The molecule has 0 N–H and O–H groups in total. The Labute approximate surface area is 167 Å². The van der Waals surface area contributed by atoms with E-state index in [4.69, 9.17) is 0 Å². The zero-order chi connectivity index (χ0) is 20.4. The molecule has 0 saturated carbocycles. The summed E-state index contributed by atoms with van der Waals surface area (Å²) in [6.07, 6.45) is 9.11. The van der Waals surface area contributed by atoms with Crippen molar-refractivity contribution in [3.05, 3.63) is 65.1 Å². The van der Waals surface area contributed by atoms with Gasteiger partial charge in [-0.25, -0.2) is 0 Å². The van der Waals surface area contributed by atoms with Crippen molar-refractivity contribution in [3.8, 4) is 0 Å². The van der Waals surface area contributed by atoms with Crippen LogP contribution in [0.3, 0.4) is 0 Å². The van der Waals surface area contributed by atoms with Gasteiger partial charge < -0.3 is 0 Å². The molecule has 1 heteroatoms. The molecule has 0 bridgehead atoms. The number of allylic oxidation sites excluding steroid dienone is 4. The quantitative estimate of drug-likeness (QED) is 0.506.